The second-order valence-electron chi connectivity index (χ2n) is 5.81. The molecular weight excluding hydrogens is 306 g/mol. The van der Waals surface area contributed by atoms with Crippen molar-refractivity contribution in [1.29, 1.82) is 0 Å². The summed E-state index contributed by atoms with van der Waals surface area (Å²) >= 11 is 0. The maximum absolute atomic E-state index is 10.2. The Balaban J connectivity index is 1.88. The van der Waals surface area contributed by atoms with E-state index < -0.39 is 6.10 Å². The van der Waals surface area contributed by atoms with Gasteiger partial charge in [0.25, 0.3) is 0 Å². The summed E-state index contributed by atoms with van der Waals surface area (Å²) in [5, 5.41) is 22.8. The molecule has 2 atom stereocenters. The fourth-order valence-electron chi connectivity index (χ4n) is 2.56. The molecule has 24 heavy (non-hydrogen) atoms. The Morgan fingerprint density at radius 2 is 1.67 bits per heavy atom. The molecule has 0 spiro atoms. The van der Waals surface area contributed by atoms with Crippen LogP contribution in [0.25, 0.3) is 0 Å². The lowest BCUT2D eigenvalue weighted by Gasteiger charge is -2.18. The Kier molecular flexibility index (Phi) is 6.46. The van der Waals surface area contributed by atoms with Gasteiger partial charge in [-0.25, -0.2) is 0 Å². The van der Waals surface area contributed by atoms with Crippen molar-refractivity contribution in [1.82, 2.24) is 5.32 Å². The fourth-order valence-corrected chi connectivity index (χ4v) is 2.56. The average molecular weight is 331 g/mol. The molecule has 0 radical (unpaired) electrons. The molecule has 2 rings (SSSR count). The van der Waals surface area contributed by atoms with Crippen LogP contribution in [-0.2, 0) is 6.42 Å². The molecule has 0 saturated heterocycles. The minimum absolute atomic E-state index is 0.190. The number of phenolic OH excluding ortho intramolecular Hbond substituents is 1. The Labute approximate surface area is 142 Å². The van der Waals surface area contributed by atoms with Crippen LogP contribution in [0.5, 0.6) is 17.2 Å². The van der Waals surface area contributed by atoms with E-state index in [1.54, 1.807) is 38.5 Å². The first-order valence-electron chi connectivity index (χ1n) is 7.94. The zero-order valence-corrected chi connectivity index (χ0v) is 14.3. The maximum atomic E-state index is 10.2. The van der Waals surface area contributed by atoms with Crippen LogP contribution in [0.4, 0.5) is 0 Å². The number of phenols is 1. The number of benzene rings is 2. The average Bonchev–Trinajstić information content (AvgIpc) is 2.60. The SMILES string of the molecule is COc1ccc(CC(C)NC[C@H](O)c2ccc(O)cc2)cc1OC. The topological polar surface area (TPSA) is 71.0 Å². The number of hydrogen-bond donors (Lipinski definition) is 3. The Hall–Kier alpha value is -2.24. The lowest BCUT2D eigenvalue weighted by atomic mass is 10.1. The minimum Gasteiger partial charge on any atom is -0.508 e. The second kappa shape index (κ2) is 8.57. The van der Waals surface area contributed by atoms with Crippen LogP contribution in [-0.4, -0.2) is 37.0 Å². The predicted octanol–water partition coefficient (Wildman–Crippen LogP) is 2.66. The number of rotatable bonds is 8. The van der Waals surface area contributed by atoms with Gasteiger partial charge < -0.3 is 25.0 Å². The Bertz CT molecular complexity index is 642. The van der Waals surface area contributed by atoms with Crippen LogP contribution in [0.15, 0.2) is 42.5 Å². The number of nitrogens with one attached hydrogen (secondary N) is 1. The highest BCUT2D eigenvalue weighted by Crippen LogP contribution is 2.28. The number of ether oxygens (including phenoxy) is 2. The lowest BCUT2D eigenvalue weighted by Crippen LogP contribution is -2.32. The van der Waals surface area contributed by atoms with Crippen LogP contribution in [0.2, 0.25) is 0 Å². The van der Waals surface area contributed by atoms with Crippen molar-refractivity contribution in [2.45, 2.75) is 25.5 Å². The highest BCUT2D eigenvalue weighted by Gasteiger charge is 2.11. The fraction of sp³-hybridized carbons (Fsp3) is 0.368. The first-order chi connectivity index (χ1) is 11.5. The van der Waals surface area contributed by atoms with Crippen LogP contribution in [0, 0.1) is 0 Å². The smallest absolute Gasteiger partial charge is 0.160 e. The van der Waals surface area contributed by atoms with E-state index in [1.807, 2.05) is 18.2 Å². The van der Waals surface area contributed by atoms with E-state index in [9.17, 15) is 10.2 Å². The number of aliphatic hydroxyl groups is 1. The molecule has 1 unspecified atom stereocenters. The summed E-state index contributed by atoms with van der Waals surface area (Å²) in [5.41, 5.74) is 1.91. The van der Waals surface area contributed by atoms with E-state index in [0.717, 1.165) is 17.5 Å². The van der Waals surface area contributed by atoms with Gasteiger partial charge in [-0.2, -0.15) is 0 Å². The molecule has 0 aromatic heterocycles. The summed E-state index contributed by atoms with van der Waals surface area (Å²) in [7, 11) is 3.24. The molecule has 0 saturated carbocycles. The number of aliphatic hydroxyl groups excluding tert-OH is 1. The molecule has 0 bridgehead atoms. The molecule has 0 amide bonds. The van der Waals surface area contributed by atoms with Crippen molar-refractivity contribution in [3.8, 4) is 17.2 Å². The van der Waals surface area contributed by atoms with Gasteiger partial charge in [0.05, 0.1) is 20.3 Å². The van der Waals surface area contributed by atoms with Crippen LogP contribution < -0.4 is 14.8 Å². The summed E-state index contributed by atoms with van der Waals surface area (Å²) in [6.07, 6.45) is 0.196. The lowest BCUT2D eigenvalue weighted by molar-refractivity contribution is 0.170. The van der Waals surface area contributed by atoms with Crippen molar-refractivity contribution in [3.05, 3.63) is 53.6 Å². The van der Waals surface area contributed by atoms with Gasteiger partial charge in [-0.3, -0.25) is 0 Å². The molecule has 2 aromatic rings. The van der Waals surface area contributed by atoms with E-state index in [1.165, 1.54) is 0 Å². The molecule has 2 aromatic carbocycles. The second-order valence-corrected chi connectivity index (χ2v) is 5.81. The van der Waals surface area contributed by atoms with Gasteiger partial charge in [0.2, 0.25) is 0 Å². The third kappa shape index (κ3) is 4.88. The highest BCUT2D eigenvalue weighted by atomic mass is 16.5. The van der Waals surface area contributed by atoms with Crippen molar-refractivity contribution >= 4 is 0 Å². The van der Waals surface area contributed by atoms with Crippen LogP contribution >= 0.6 is 0 Å². The van der Waals surface area contributed by atoms with E-state index in [2.05, 4.69) is 12.2 Å². The number of aromatic hydroxyl groups is 1. The van der Waals surface area contributed by atoms with E-state index in [-0.39, 0.29) is 11.8 Å². The van der Waals surface area contributed by atoms with Gasteiger partial charge in [-0.05, 0) is 48.7 Å². The molecule has 5 nitrogen and oxygen atoms in total. The van der Waals surface area contributed by atoms with E-state index in [4.69, 9.17) is 9.47 Å². The Morgan fingerprint density at radius 3 is 2.29 bits per heavy atom. The van der Waals surface area contributed by atoms with Gasteiger partial charge >= 0.3 is 0 Å². The first kappa shape index (κ1) is 18.1. The maximum Gasteiger partial charge on any atom is 0.160 e. The standard InChI is InChI=1S/C19H25NO4/c1-13(10-14-4-9-18(23-2)19(11-14)24-3)20-12-17(22)15-5-7-16(21)8-6-15/h4-9,11,13,17,20-22H,10,12H2,1-3H3/t13?,17-/m0/s1. The number of hydrogen-bond acceptors (Lipinski definition) is 5. The summed E-state index contributed by atoms with van der Waals surface area (Å²) in [4.78, 5) is 0. The molecule has 0 aliphatic carbocycles. The number of methoxy groups -OCH3 is 2. The van der Waals surface area contributed by atoms with Gasteiger partial charge in [0.1, 0.15) is 5.75 Å². The normalized spacial score (nSPS) is 13.3. The summed E-state index contributed by atoms with van der Waals surface area (Å²) < 4.78 is 10.6. The summed E-state index contributed by atoms with van der Waals surface area (Å²) in [5.74, 6) is 1.62. The third-order valence-electron chi connectivity index (χ3n) is 3.93. The summed E-state index contributed by atoms with van der Waals surface area (Å²) in [6.45, 7) is 2.51. The monoisotopic (exact) mass is 331 g/mol. The predicted molar refractivity (Wildman–Crippen MR) is 93.8 cm³/mol. The van der Waals surface area contributed by atoms with Crippen molar-refractivity contribution in [2.24, 2.45) is 0 Å². The Morgan fingerprint density at radius 1 is 1.00 bits per heavy atom. The molecule has 0 heterocycles. The molecule has 0 aliphatic heterocycles. The minimum atomic E-state index is -0.613. The van der Waals surface area contributed by atoms with Crippen LogP contribution in [0.3, 0.4) is 0 Å². The van der Waals surface area contributed by atoms with Crippen molar-refractivity contribution in [2.75, 3.05) is 20.8 Å². The molecule has 130 valence electrons. The molecular formula is C19H25NO4. The molecule has 5 heteroatoms. The molecule has 3 N–H and O–H groups in total. The molecule has 0 aliphatic rings. The van der Waals surface area contributed by atoms with Crippen molar-refractivity contribution in [3.63, 3.8) is 0 Å². The van der Waals surface area contributed by atoms with Gasteiger partial charge in [0, 0.05) is 12.6 Å². The van der Waals surface area contributed by atoms with Crippen molar-refractivity contribution < 1.29 is 19.7 Å². The van der Waals surface area contributed by atoms with Gasteiger partial charge in [-0.15, -0.1) is 0 Å². The van der Waals surface area contributed by atoms with Crippen LogP contribution in [0.1, 0.15) is 24.2 Å². The zero-order chi connectivity index (χ0) is 17.5. The summed E-state index contributed by atoms with van der Waals surface area (Å²) in [6, 6.07) is 12.7. The quantitative estimate of drug-likeness (QED) is 0.694. The first-order valence-corrected chi connectivity index (χ1v) is 7.94. The largest absolute Gasteiger partial charge is 0.508 e. The molecule has 0 fully saturated rings. The van der Waals surface area contributed by atoms with E-state index >= 15 is 0 Å². The highest BCUT2D eigenvalue weighted by molar-refractivity contribution is 5.43. The van der Waals surface area contributed by atoms with Gasteiger partial charge in [-0.1, -0.05) is 18.2 Å². The third-order valence-corrected chi connectivity index (χ3v) is 3.93. The van der Waals surface area contributed by atoms with E-state index in [0.29, 0.717) is 18.0 Å². The van der Waals surface area contributed by atoms with Gasteiger partial charge in [0.15, 0.2) is 11.5 Å². The zero-order valence-electron chi connectivity index (χ0n) is 14.3.